The first-order chi connectivity index (χ1) is 8.50. The number of aromatic nitrogens is 2. The van der Waals surface area contributed by atoms with Gasteiger partial charge in [0.05, 0.1) is 0 Å². The van der Waals surface area contributed by atoms with Crippen LogP contribution in [0.25, 0.3) is 0 Å². The Balaban J connectivity index is 0.00000324. The van der Waals surface area contributed by atoms with E-state index in [0.717, 1.165) is 17.5 Å². The van der Waals surface area contributed by atoms with Crippen molar-refractivity contribution in [2.75, 3.05) is 6.54 Å². The number of imidazole rings is 1. The first-order valence-electron chi connectivity index (χ1n) is 5.84. The summed E-state index contributed by atoms with van der Waals surface area (Å²) in [5, 5.41) is 2.93. The Morgan fingerprint density at radius 2 is 2.21 bits per heavy atom. The molecule has 8 heteroatoms. The molecule has 0 amide bonds. The van der Waals surface area contributed by atoms with Crippen LogP contribution in [0.1, 0.15) is 32.6 Å². The molecule has 1 heterocycles. The topological polar surface area (TPSA) is 68.2 Å². The Labute approximate surface area is 128 Å². The van der Waals surface area contributed by atoms with Crippen LogP contribution >= 0.6 is 24.0 Å². The summed E-state index contributed by atoms with van der Waals surface area (Å²) in [5.74, 6) is 1.01. The van der Waals surface area contributed by atoms with Gasteiger partial charge in [-0.3, -0.25) is 4.57 Å². The predicted molar refractivity (Wildman–Crippen MR) is 81.7 cm³/mol. The predicted octanol–water partition coefficient (Wildman–Crippen LogP) is 2.35. The molecule has 0 aliphatic heterocycles. The molecule has 0 unspecified atom stereocenters. The van der Waals surface area contributed by atoms with Gasteiger partial charge in [-0.2, -0.15) is 8.78 Å². The molecule has 5 nitrogen and oxygen atoms in total. The van der Waals surface area contributed by atoms with Crippen LogP contribution in [0.3, 0.4) is 0 Å². The number of guanidine groups is 1. The third-order valence-electron chi connectivity index (χ3n) is 2.38. The van der Waals surface area contributed by atoms with E-state index in [9.17, 15) is 8.78 Å². The highest BCUT2D eigenvalue weighted by atomic mass is 127. The van der Waals surface area contributed by atoms with E-state index in [1.54, 1.807) is 0 Å². The van der Waals surface area contributed by atoms with Crippen molar-refractivity contribution in [2.45, 2.75) is 33.4 Å². The maximum absolute atomic E-state index is 12.5. The molecular formula is C11H20F2IN5. The minimum atomic E-state index is -2.60. The van der Waals surface area contributed by atoms with E-state index >= 15 is 0 Å². The van der Waals surface area contributed by atoms with Crippen LogP contribution in [0.15, 0.2) is 17.4 Å². The van der Waals surface area contributed by atoms with Crippen LogP contribution in [-0.4, -0.2) is 22.1 Å². The molecule has 0 saturated heterocycles. The summed E-state index contributed by atoms with van der Waals surface area (Å²) in [5.41, 5.74) is 5.62. The van der Waals surface area contributed by atoms with E-state index in [4.69, 9.17) is 5.73 Å². The van der Waals surface area contributed by atoms with Gasteiger partial charge in [-0.25, -0.2) is 9.98 Å². The lowest BCUT2D eigenvalue weighted by Gasteiger charge is -2.08. The minimum absolute atomic E-state index is 0. The molecule has 19 heavy (non-hydrogen) atoms. The van der Waals surface area contributed by atoms with Crippen LogP contribution in [0.4, 0.5) is 8.78 Å². The second kappa shape index (κ2) is 9.05. The van der Waals surface area contributed by atoms with Gasteiger partial charge in [-0.05, 0) is 12.3 Å². The van der Waals surface area contributed by atoms with Gasteiger partial charge >= 0.3 is 6.55 Å². The van der Waals surface area contributed by atoms with Gasteiger partial charge in [0.25, 0.3) is 0 Å². The Kier molecular flexibility index (Phi) is 8.61. The van der Waals surface area contributed by atoms with Crippen LogP contribution in [0.5, 0.6) is 0 Å². The Morgan fingerprint density at radius 1 is 1.53 bits per heavy atom. The Bertz CT molecular complexity index is 392. The van der Waals surface area contributed by atoms with Crippen molar-refractivity contribution in [3.8, 4) is 0 Å². The molecular weight excluding hydrogens is 367 g/mol. The highest BCUT2D eigenvalue weighted by molar-refractivity contribution is 14.0. The zero-order valence-electron chi connectivity index (χ0n) is 11.0. The molecule has 0 fully saturated rings. The van der Waals surface area contributed by atoms with Gasteiger partial charge in [-0.1, -0.05) is 13.8 Å². The summed E-state index contributed by atoms with van der Waals surface area (Å²) < 4.78 is 25.8. The molecule has 0 aliphatic carbocycles. The van der Waals surface area contributed by atoms with Gasteiger partial charge in [0.1, 0.15) is 12.4 Å². The number of nitrogens with one attached hydrogen (secondary N) is 1. The third kappa shape index (κ3) is 6.69. The monoisotopic (exact) mass is 387 g/mol. The fraction of sp³-hybridized carbons (Fsp3) is 0.636. The molecule has 1 aromatic heterocycles. The van der Waals surface area contributed by atoms with E-state index in [1.807, 2.05) is 0 Å². The quantitative estimate of drug-likeness (QED) is 0.447. The molecule has 1 rings (SSSR count). The van der Waals surface area contributed by atoms with Crippen LogP contribution in [0, 0.1) is 5.92 Å². The highest BCUT2D eigenvalue weighted by Gasteiger charge is 2.10. The number of alkyl halides is 2. The highest BCUT2D eigenvalue weighted by Crippen LogP contribution is 2.12. The van der Waals surface area contributed by atoms with Crippen LogP contribution < -0.4 is 11.1 Å². The molecule has 0 atom stereocenters. The average molecular weight is 387 g/mol. The SMILES string of the molecule is CC(C)CCNC(N)=NCc1nccn1C(F)F.I. The van der Waals surface area contributed by atoms with Gasteiger partial charge < -0.3 is 11.1 Å². The van der Waals surface area contributed by atoms with E-state index in [2.05, 4.69) is 29.1 Å². The number of hydrogen-bond donors (Lipinski definition) is 2. The standard InChI is InChI=1S/C11H19F2N5.HI/c1-8(2)3-4-16-11(14)17-7-9-15-5-6-18(9)10(12)13;/h5-6,8,10H,3-4,7H2,1-2H3,(H3,14,16,17);1H. The van der Waals surface area contributed by atoms with Crippen LogP contribution in [-0.2, 0) is 6.54 Å². The summed E-state index contributed by atoms with van der Waals surface area (Å²) in [4.78, 5) is 7.78. The zero-order valence-corrected chi connectivity index (χ0v) is 13.3. The maximum atomic E-state index is 12.5. The molecule has 1 aromatic rings. The summed E-state index contributed by atoms with van der Waals surface area (Å²) in [7, 11) is 0. The van der Waals surface area contributed by atoms with Crippen molar-refractivity contribution < 1.29 is 8.78 Å². The van der Waals surface area contributed by atoms with E-state index < -0.39 is 6.55 Å². The molecule has 0 spiro atoms. The summed E-state index contributed by atoms with van der Waals surface area (Å²) >= 11 is 0. The summed E-state index contributed by atoms with van der Waals surface area (Å²) in [6, 6.07) is 0. The maximum Gasteiger partial charge on any atom is 0.319 e. The second-order valence-electron chi connectivity index (χ2n) is 4.34. The Morgan fingerprint density at radius 3 is 2.79 bits per heavy atom. The van der Waals surface area contributed by atoms with Crippen molar-refractivity contribution in [3.63, 3.8) is 0 Å². The number of nitrogens with two attached hydrogens (primary N) is 1. The van der Waals surface area contributed by atoms with Crippen molar-refractivity contribution in [1.82, 2.24) is 14.9 Å². The molecule has 110 valence electrons. The van der Waals surface area contributed by atoms with Crippen LogP contribution in [0.2, 0.25) is 0 Å². The van der Waals surface area contributed by atoms with Gasteiger partial charge in [0, 0.05) is 18.9 Å². The van der Waals surface area contributed by atoms with Crippen molar-refractivity contribution in [3.05, 3.63) is 18.2 Å². The number of hydrogen-bond acceptors (Lipinski definition) is 2. The van der Waals surface area contributed by atoms with Crippen molar-refractivity contribution in [2.24, 2.45) is 16.6 Å². The van der Waals surface area contributed by atoms with Gasteiger partial charge in [-0.15, -0.1) is 24.0 Å². The molecule has 3 N–H and O–H groups in total. The zero-order chi connectivity index (χ0) is 13.5. The first kappa shape index (κ1) is 18.1. The van der Waals surface area contributed by atoms with Crippen molar-refractivity contribution >= 4 is 29.9 Å². The first-order valence-corrected chi connectivity index (χ1v) is 5.84. The lowest BCUT2D eigenvalue weighted by atomic mass is 10.1. The fourth-order valence-corrected chi connectivity index (χ4v) is 1.34. The second-order valence-corrected chi connectivity index (χ2v) is 4.34. The van der Waals surface area contributed by atoms with E-state index in [-0.39, 0.29) is 42.3 Å². The average Bonchev–Trinajstić information content (AvgIpc) is 2.74. The number of aliphatic imine (C=N–C) groups is 1. The lowest BCUT2D eigenvalue weighted by Crippen LogP contribution is -2.33. The fourth-order valence-electron chi connectivity index (χ4n) is 1.34. The number of rotatable bonds is 6. The third-order valence-corrected chi connectivity index (χ3v) is 2.38. The smallest absolute Gasteiger partial charge is 0.319 e. The number of nitrogens with zero attached hydrogens (tertiary/aromatic N) is 3. The summed E-state index contributed by atoms with van der Waals surface area (Å²) in [6.45, 7) is 2.37. The number of halogens is 3. The van der Waals surface area contributed by atoms with E-state index in [1.165, 1.54) is 12.4 Å². The summed E-state index contributed by atoms with van der Waals surface area (Å²) in [6.07, 6.45) is 3.51. The molecule has 0 bridgehead atoms. The molecule has 0 saturated carbocycles. The normalized spacial score (nSPS) is 11.8. The molecule has 0 radical (unpaired) electrons. The van der Waals surface area contributed by atoms with Gasteiger partial charge in [0.15, 0.2) is 5.96 Å². The van der Waals surface area contributed by atoms with Crippen molar-refractivity contribution in [1.29, 1.82) is 0 Å². The lowest BCUT2D eigenvalue weighted by molar-refractivity contribution is 0.0671. The molecule has 0 aromatic carbocycles. The van der Waals surface area contributed by atoms with E-state index in [0.29, 0.717) is 5.92 Å². The minimum Gasteiger partial charge on any atom is -0.370 e. The van der Waals surface area contributed by atoms with Gasteiger partial charge in [0.2, 0.25) is 0 Å². The Hall–Kier alpha value is -0.930. The molecule has 0 aliphatic rings. The largest absolute Gasteiger partial charge is 0.370 e.